The van der Waals surface area contributed by atoms with E-state index < -0.39 is 16.6 Å². The van der Waals surface area contributed by atoms with Crippen LogP contribution in [0.4, 0.5) is 0 Å². The van der Waals surface area contributed by atoms with Gasteiger partial charge in [-0.2, -0.15) is 0 Å². The third kappa shape index (κ3) is 48.3. The van der Waals surface area contributed by atoms with Crippen LogP contribution < -0.4 is 0 Å². The van der Waals surface area contributed by atoms with Gasteiger partial charge in [0, 0.05) is 13.2 Å². The summed E-state index contributed by atoms with van der Waals surface area (Å²) in [4.78, 5) is 0. The summed E-state index contributed by atoms with van der Waals surface area (Å²) in [5, 5.41) is 17.2. The Morgan fingerprint density at radius 3 is 0.579 bits per heavy atom. The average molecular weight is 867 g/mol. The SMILES string of the molecule is C[Si](C)(CCCOCCOCCOCCOCCOCCOCCOCCO)O[Si](C)(C)CCCOCCOCCOCCOCCOCCOCCOCCO. The number of hydrogen-bond acceptors (Lipinski definition) is 17. The lowest BCUT2D eigenvalue weighted by atomic mass is 10.5. The third-order valence-electron chi connectivity index (χ3n) is 7.62. The topological polar surface area (TPSA) is 179 Å². The Morgan fingerprint density at radius 1 is 0.246 bits per heavy atom. The van der Waals surface area contributed by atoms with Crippen LogP contribution in [0.2, 0.25) is 38.3 Å². The summed E-state index contributed by atoms with van der Waals surface area (Å²) in [5.41, 5.74) is 0. The molecule has 19 heteroatoms. The van der Waals surface area contributed by atoms with Crippen molar-refractivity contribution in [3.05, 3.63) is 0 Å². The summed E-state index contributed by atoms with van der Waals surface area (Å²) in [6.07, 6.45) is 1.99. The van der Waals surface area contributed by atoms with Gasteiger partial charge in [-0.05, 0) is 51.1 Å². The first kappa shape index (κ1) is 56.8. The van der Waals surface area contributed by atoms with Crippen molar-refractivity contribution in [3.8, 4) is 0 Å². The molecule has 17 nitrogen and oxygen atoms in total. The van der Waals surface area contributed by atoms with E-state index in [1.165, 1.54) is 0 Å². The van der Waals surface area contributed by atoms with E-state index in [0.29, 0.717) is 185 Å². The van der Waals surface area contributed by atoms with Crippen LogP contribution in [-0.2, 0) is 70.4 Å². The lowest BCUT2D eigenvalue weighted by molar-refractivity contribution is -0.0214. The van der Waals surface area contributed by atoms with Gasteiger partial charge in [0.05, 0.1) is 185 Å². The highest BCUT2D eigenvalue weighted by Gasteiger charge is 2.32. The molecule has 0 amide bonds. The molecule has 0 aromatic carbocycles. The Balaban J connectivity index is 3.42. The zero-order chi connectivity index (χ0) is 41.6. The molecule has 0 aliphatic rings. The maximum Gasteiger partial charge on any atom is 0.173 e. The highest BCUT2D eigenvalue weighted by molar-refractivity contribution is 6.84. The molecule has 0 rings (SSSR count). The van der Waals surface area contributed by atoms with E-state index in [-0.39, 0.29) is 13.2 Å². The summed E-state index contributed by atoms with van der Waals surface area (Å²) in [6, 6.07) is 2.15. The molecular weight excluding hydrogens is 785 g/mol. The predicted molar refractivity (Wildman–Crippen MR) is 221 cm³/mol. The summed E-state index contributed by atoms with van der Waals surface area (Å²) < 4.78 is 83.3. The molecule has 0 fully saturated rings. The first-order chi connectivity index (χ1) is 27.8. The Morgan fingerprint density at radius 2 is 0.404 bits per heavy atom. The fourth-order valence-corrected chi connectivity index (χ4v) is 13.8. The van der Waals surface area contributed by atoms with Gasteiger partial charge in [0.25, 0.3) is 0 Å². The largest absolute Gasteiger partial charge is 0.455 e. The standard InChI is InChI=1S/C38H82O17Si2/c1-56(2,37-5-9-41-13-17-45-21-25-49-29-33-53-35-31-51-27-23-47-19-15-43-11-7-39)55-57(3,4)38-6-10-42-14-18-46-22-26-50-30-34-54-36-32-52-28-24-48-20-16-44-12-8-40/h39-40H,5-38H2,1-4H3. The van der Waals surface area contributed by atoms with Crippen LogP contribution in [0, 0.1) is 0 Å². The van der Waals surface area contributed by atoms with E-state index in [9.17, 15) is 0 Å². The van der Waals surface area contributed by atoms with Crippen molar-refractivity contribution in [1.82, 2.24) is 0 Å². The summed E-state index contributed by atoms with van der Waals surface area (Å²) in [6.45, 7) is 23.8. The summed E-state index contributed by atoms with van der Waals surface area (Å²) in [5.74, 6) is 0. The molecule has 0 saturated heterocycles. The van der Waals surface area contributed by atoms with Gasteiger partial charge in [0.2, 0.25) is 0 Å². The van der Waals surface area contributed by atoms with Crippen molar-refractivity contribution in [2.75, 3.05) is 198 Å². The van der Waals surface area contributed by atoms with Gasteiger partial charge in [-0.1, -0.05) is 0 Å². The first-order valence-electron chi connectivity index (χ1n) is 20.8. The number of hydrogen-bond donors (Lipinski definition) is 2. The second-order valence-corrected chi connectivity index (χ2v) is 22.7. The molecule has 0 aliphatic carbocycles. The van der Waals surface area contributed by atoms with Crippen LogP contribution in [0.3, 0.4) is 0 Å². The van der Waals surface area contributed by atoms with E-state index in [2.05, 4.69) is 26.2 Å². The smallest absolute Gasteiger partial charge is 0.173 e. The Labute approximate surface area is 346 Å². The van der Waals surface area contributed by atoms with Crippen LogP contribution in [0.5, 0.6) is 0 Å². The first-order valence-corrected chi connectivity index (χ1v) is 27.1. The number of aliphatic hydroxyl groups is 2. The Hall–Kier alpha value is -0.246. The highest BCUT2D eigenvalue weighted by Crippen LogP contribution is 2.23. The fraction of sp³-hybridized carbons (Fsp3) is 1.00. The molecule has 0 heterocycles. The minimum Gasteiger partial charge on any atom is -0.455 e. The van der Waals surface area contributed by atoms with Crippen LogP contribution in [0.1, 0.15) is 12.8 Å². The van der Waals surface area contributed by atoms with Crippen molar-refractivity contribution in [1.29, 1.82) is 0 Å². The number of rotatable bonds is 50. The lowest BCUT2D eigenvalue weighted by Gasteiger charge is -2.34. The van der Waals surface area contributed by atoms with Crippen LogP contribution in [0.25, 0.3) is 0 Å². The lowest BCUT2D eigenvalue weighted by Crippen LogP contribution is -2.44. The zero-order valence-electron chi connectivity index (χ0n) is 36.1. The molecule has 0 aromatic rings. The van der Waals surface area contributed by atoms with Crippen molar-refractivity contribution >= 4 is 16.6 Å². The van der Waals surface area contributed by atoms with Crippen molar-refractivity contribution in [3.63, 3.8) is 0 Å². The van der Waals surface area contributed by atoms with Gasteiger partial charge < -0.3 is 80.6 Å². The van der Waals surface area contributed by atoms with E-state index >= 15 is 0 Å². The monoisotopic (exact) mass is 867 g/mol. The van der Waals surface area contributed by atoms with Crippen LogP contribution >= 0.6 is 0 Å². The molecule has 0 bridgehead atoms. The van der Waals surface area contributed by atoms with Crippen LogP contribution in [0.15, 0.2) is 0 Å². The molecule has 0 unspecified atom stereocenters. The molecule has 0 aromatic heterocycles. The van der Waals surface area contributed by atoms with Gasteiger partial charge in [0.1, 0.15) is 0 Å². The molecule has 0 atom stereocenters. The van der Waals surface area contributed by atoms with Crippen molar-refractivity contribution in [2.45, 2.75) is 51.1 Å². The molecule has 2 N–H and O–H groups in total. The van der Waals surface area contributed by atoms with E-state index in [0.717, 1.165) is 24.9 Å². The normalized spacial score (nSPS) is 12.3. The fourth-order valence-electron chi connectivity index (χ4n) is 5.02. The van der Waals surface area contributed by atoms with Gasteiger partial charge in [-0.15, -0.1) is 0 Å². The minimum absolute atomic E-state index is 0.0247. The third-order valence-corrected chi connectivity index (χ3v) is 15.2. The number of ether oxygens (including phenoxy) is 14. The van der Waals surface area contributed by atoms with E-state index in [1.54, 1.807) is 0 Å². The Kier molecular flexibility index (Phi) is 45.1. The molecule has 0 aliphatic heterocycles. The zero-order valence-corrected chi connectivity index (χ0v) is 38.1. The minimum atomic E-state index is -1.77. The van der Waals surface area contributed by atoms with Crippen molar-refractivity contribution in [2.24, 2.45) is 0 Å². The van der Waals surface area contributed by atoms with Crippen LogP contribution in [-0.4, -0.2) is 225 Å². The quantitative estimate of drug-likeness (QED) is 0.0672. The molecule has 344 valence electrons. The van der Waals surface area contributed by atoms with Gasteiger partial charge in [0.15, 0.2) is 16.6 Å². The average Bonchev–Trinajstić information content (AvgIpc) is 3.18. The summed E-state index contributed by atoms with van der Waals surface area (Å²) in [7, 11) is -3.54. The maximum atomic E-state index is 8.61. The molecule has 0 saturated carbocycles. The van der Waals surface area contributed by atoms with Gasteiger partial charge in [-0.3, -0.25) is 0 Å². The maximum absolute atomic E-state index is 8.61. The van der Waals surface area contributed by atoms with Gasteiger partial charge in [-0.25, -0.2) is 0 Å². The Bertz CT molecular complexity index is 717. The number of aliphatic hydroxyl groups excluding tert-OH is 2. The highest BCUT2D eigenvalue weighted by atomic mass is 28.4. The van der Waals surface area contributed by atoms with Gasteiger partial charge >= 0.3 is 0 Å². The summed E-state index contributed by atoms with van der Waals surface area (Å²) >= 11 is 0. The van der Waals surface area contributed by atoms with Crippen molar-refractivity contribution < 1.29 is 80.6 Å². The predicted octanol–water partition coefficient (Wildman–Crippen LogP) is 2.41. The second-order valence-electron chi connectivity index (χ2n) is 13.8. The van der Waals surface area contributed by atoms with E-state index in [4.69, 9.17) is 80.6 Å². The molecule has 0 spiro atoms. The van der Waals surface area contributed by atoms with E-state index in [1.807, 2.05) is 0 Å². The molecular formula is C38H82O17Si2. The molecule has 57 heavy (non-hydrogen) atoms. The second kappa shape index (κ2) is 45.3. The molecule has 0 radical (unpaired) electrons.